The summed E-state index contributed by atoms with van der Waals surface area (Å²) in [6.07, 6.45) is 7.60. The molecule has 6 heteroatoms. The highest BCUT2D eigenvalue weighted by molar-refractivity contribution is 6.08. The molecular formula is C24H26N2O4. The van der Waals surface area contributed by atoms with Gasteiger partial charge < -0.3 is 20.3 Å². The van der Waals surface area contributed by atoms with Gasteiger partial charge in [0, 0.05) is 11.4 Å². The average Bonchev–Trinajstić information content (AvgIpc) is 3.09. The lowest BCUT2D eigenvalue weighted by molar-refractivity contribution is 0.102. The zero-order chi connectivity index (χ0) is 21.1. The van der Waals surface area contributed by atoms with E-state index in [1.165, 1.54) is 48.4 Å². The maximum atomic E-state index is 12.7. The van der Waals surface area contributed by atoms with Crippen LogP contribution in [0.3, 0.4) is 0 Å². The van der Waals surface area contributed by atoms with Crippen molar-refractivity contribution in [2.24, 2.45) is 0 Å². The van der Waals surface area contributed by atoms with Crippen LogP contribution in [0.1, 0.15) is 53.9 Å². The molecule has 1 aliphatic carbocycles. The van der Waals surface area contributed by atoms with E-state index in [-0.39, 0.29) is 17.2 Å². The molecule has 1 aromatic heterocycles. The van der Waals surface area contributed by atoms with Gasteiger partial charge in [-0.2, -0.15) is 0 Å². The first-order valence-corrected chi connectivity index (χ1v) is 10.3. The maximum absolute atomic E-state index is 12.7. The van der Waals surface area contributed by atoms with Gasteiger partial charge in [-0.15, -0.1) is 0 Å². The molecule has 0 atom stereocenters. The van der Waals surface area contributed by atoms with Crippen LogP contribution in [-0.4, -0.2) is 27.8 Å². The molecule has 1 aliphatic rings. The first-order chi connectivity index (χ1) is 14.6. The smallest absolute Gasteiger partial charge is 0.264 e. The summed E-state index contributed by atoms with van der Waals surface area (Å²) < 4.78 is 6.49. The standard InChI is InChI=1S/C24H26N2O4/c1-30-20-13-11-19(12-14-20)26-15-21(27)22(24(26)29)23(28)25-18-9-7-17(8-10-18)16-5-3-2-4-6-16/h7-16,27,29H,2-6H2,1H3,(H,25,28). The number of carbonyl (C=O) groups excluding carboxylic acids is 1. The molecule has 6 nitrogen and oxygen atoms in total. The Bertz CT molecular complexity index is 1020. The number of rotatable bonds is 5. The van der Waals surface area contributed by atoms with E-state index in [9.17, 15) is 15.0 Å². The van der Waals surface area contributed by atoms with Crippen molar-refractivity contribution < 1.29 is 19.7 Å². The predicted molar refractivity (Wildman–Crippen MR) is 116 cm³/mol. The van der Waals surface area contributed by atoms with E-state index in [1.807, 2.05) is 24.3 Å². The van der Waals surface area contributed by atoms with E-state index >= 15 is 0 Å². The molecule has 0 saturated heterocycles. The molecule has 0 spiro atoms. The van der Waals surface area contributed by atoms with Gasteiger partial charge in [0.2, 0.25) is 5.88 Å². The summed E-state index contributed by atoms with van der Waals surface area (Å²) in [4.78, 5) is 12.7. The lowest BCUT2D eigenvalue weighted by Crippen LogP contribution is -2.12. The minimum Gasteiger partial charge on any atom is -0.505 e. The Morgan fingerprint density at radius 1 is 1.00 bits per heavy atom. The molecular weight excluding hydrogens is 380 g/mol. The highest BCUT2D eigenvalue weighted by Crippen LogP contribution is 2.35. The normalized spacial score (nSPS) is 14.4. The third kappa shape index (κ3) is 3.99. The molecule has 3 N–H and O–H groups in total. The first kappa shape index (κ1) is 19.9. The Hall–Kier alpha value is -3.41. The highest BCUT2D eigenvalue weighted by Gasteiger charge is 2.23. The van der Waals surface area contributed by atoms with Crippen LogP contribution in [0, 0.1) is 0 Å². The largest absolute Gasteiger partial charge is 0.505 e. The van der Waals surface area contributed by atoms with Crippen molar-refractivity contribution in [3.05, 3.63) is 65.9 Å². The Kier molecular flexibility index (Phi) is 5.65. The van der Waals surface area contributed by atoms with Crippen LogP contribution in [0.15, 0.2) is 54.7 Å². The van der Waals surface area contributed by atoms with Crippen LogP contribution < -0.4 is 10.1 Å². The van der Waals surface area contributed by atoms with E-state index in [1.54, 1.807) is 31.4 Å². The zero-order valence-corrected chi connectivity index (χ0v) is 17.0. The van der Waals surface area contributed by atoms with Crippen LogP contribution in [0.2, 0.25) is 0 Å². The fourth-order valence-corrected chi connectivity index (χ4v) is 4.11. The molecule has 1 heterocycles. The number of methoxy groups -OCH3 is 1. The number of amides is 1. The minimum atomic E-state index is -0.567. The predicted octanol–water partition coefficient (Wildman–Crippen LogP) is 5.20. The molecule has 4 rings (SSSR count). The van der Waals surface area contributed by atoms with Crippen molar-refractivity contribution in [3.63, 3.8) is 0 Å². The van der Waals surface area contributed by atoms with Gasteiger partial charge in [-0.1, -0.05) is 31.4 Å². The summed E-state index contributed by atoms with van der Waals surface area (Å²) >= 11 is 0. The molecule has 0 bridgehead atoms. The molecule has 156 valence electrons. The quantitative estimate of drug-likeness (QED) is 0.544. The van der Waals surface area contributed by atoms with E-state index in [4.69, 9.17) is 4.74 Å². The van der Waals surface area contributed by atoms with Crippen molar-refractivity contribution in [1.29, 1.82) is 0 Å². The van der Waals surface area contributed by atoms with Crippen molar-refractivity contribution in [2.75, 3.05) is 12.4 Å². The Balaban J connectivity index is 1.51. The second kappa shape index (κ2) is 8.53. The molecule has 0 radical (unpaired) electrons. The lowest BCUT2D eigenvalue weighted by Gasteiger charge is -2.22. The number of carbonyl (C=O) groups is 1. The number of aromatic nitrogens is 1. The monoisotopic (exact) mass is 406 g/mol. The fourth-order valence-electron chi connectivity index (χ4n) is 4.11. The van der Waals surface area contributed by atoms with Crippen LogP contribution >= 0.6 is 0 Å². The molecule has 1 amide bonds. The van der Waals surface area contributed by atoms with Crippen molar-refractivity contribution in [3.8, 4) is 23.1 Å². The molecule has 2 aromatic carbocycles. The van der Waals surface area contributed by atoms with Crippen LogP contribution in [0.5, 0.6) is 17.4 Å². The Labute approximate surface area is 175 Å². The number of nitrogens with one attached hydrogen (secondary N) is 1. The van der Waals surface area contributed by atoms with Crippen LogP contribution in [0.4, 0.5) is 5.69 Å². The van der Waals surface area contributed by atoms with E-state index in [2.05, 4.69) is 5.32 Å². The van der Waals surface area contributed by atoms with Gasteiger partial charge >= 0.3 is 0 Å². The Morgan fingerprint density at radius 3 is 2.30 bits per heavy atom. The average molecular weight is 406 g/mol. The minimum absolute atomic E-state index is 0.165. The van der Waals surface area contributed by atoms with Crippen LogP contribution in [-0.2, 0) is 0 Å². The number of benzene rings is 2. The molecule has 0 unspecified atom stereocenters. The molecule has 0 aliphatic heterocycles. The number of anilines is 1. The number of aromatic hydroxyl groups is 2. The summed E-state index contributed by atoms with van der Waals surface area (Å²) in [6, 6.07) is 14.8. The summed E-state index contributed by atoms with van der Waals surface area (Å²) in [7, 11) is 1.57. The van der Waals surface area contributed by atoms with Crippen molar-refractivity contribution in [1.82, 2.24) is 4.57 Å². The highest BCUT2D eigenvalue weighted by atomic mass is 16.5. The number of hydrogen-bond acceptors (Lipinski definition) is 4. The third-order valence-electron chi connectivity index (χ3n) is 5.78. The van der Waals surface area contributed by atoms with Gasteiger partial charge in [0.25, 0.3) is 5.91 Å². The number of hydrogen-bond donors (Lipinski definition) is 3. The third-order valence-corrected chi connectivity index (χ3v) is 5.78. The second-order valence-electron chi connectivity index (χ2n) is 7.69. The number of ether oxygens (including phenoxy) is 1. The van der Waals surface area contributed by atoms with E-state index in [0.29, 0.717) is 23.0 Å². The van der Waals surface area contributed by atoms with Gasteiger partial charge in [0.1, 0.15) is 17.1 Å². The van der Waals surface area contributed by atoms with Gasteiger partial charge in [-0.3, -0.25) is 9.36 Å². The summed E-state index contributed by atoms with van der Waals surface area (Å²) in [5.41, 5.74) is 2.35. The first-order valence-electron chi connectivity index (χ1n) is 10.3. The van der Waals surface area contributed by atoms with Gasteiger partial charge in [0.15, 0.2) is 0 Å². The SMILES string of the molecule is COc1ccc(-n2cc(O)c(C(=O)Nc3ccc(C4CCCCC4)cc3)c2O)cc1. The summed E-state index contributed by atoms with van der Waals surface area (Å²) in [5, 5.41) is 23.6. The van der Waals surface area contributed by atoms with Gasteiger partial charge in [0.05, 0.1) is 13.3 Å². The molecule has 1 fully saturated rings. The van der Waals surface area contributed by atoms with E-state index in [0.717, 1.165) is 0 Å². The van der Waals surface area contributed by atoms with Crippen molar-refractivity contribution >= 4 is 11.6 Å². The van der Waals surface area contributed by atoms with E-state index < -0.39 is 5.91 Å². The molecule has 1 saturated carbocycles. The maximum Gasteiger partial charge on any atom is 0.264 e. The molecule has 3 aromatic rings. The van der Waals surface area contributed by atoms with Crippen molar-refractivity contribution in [2.45, 2.75) is 38.0 Å². The zero-order valence-electron chi connectivity index (χ0n) is 17.0. The number of nitrogens with zero attached hydrogens (tertiary/aromatic N) is 1. The topological polar surface area (TPSA) is 83.7 Å². The lowest BCUT2D eigenvalue weighted by atomic mass is 9.84. The fraction of sp³-hybridized carbons (Fsp3) is 0.292. The van der Waals surface area contributed by atoms with Gasteiger partial charge in [-0.25, -0.2) is 0 Å². The molecule has 30 heavy (non-hydrogen) atoms. The summed E-state index contributed by atoms with van der Waals surface area (Å²) in [6.45, 7) is 0. The van der Waals surface area contributed by atoms with Gasteiger partial charge in [-0.05, 0) is 60.7 Å². The summed E-state index contributed by atoms with van der Waals surface area (Å²) in [5.74, 6) is 0.0793. The second-order valence-corrected chi connectivity index (χ2v) is 7.69. The van der Waals surface area contributed by atoms with Crippen LogP contribution in [0.25, 0.3) is 5.69 Å². The Morgan fingerprint density at radius 2 is 1.67 bits per heavy atom.